The van der Waals surface area contributed by atoms with Gasteiger partial charge in [0.25, 0.3) is 0 Å². The van der Waals surface area contributed by atoms with Crippen LogP contribution < -0.4 is 5.32 Å². The molecule has 2 aromatic carbocycles. The van der Waals surface area contributed by atoms with E-state index in [1.165, 1.54) is 16.5 Å². The summed E-state index contributed by atoms with van der Waals surface area (Å²) in [7, 11) is 0. The number of benzene rings is 2. The van der Waals surface area contributed by atoms with E-state index in [1.807, 2.05) is 24.3 Å². The molecule has 1 aliphatic rings. The number of fused-ring (bicyclic) bond motifs is 1. The Morgan fingerprint density at radius 1 is 1.19 bits per heavy atom. The molecule has 4 heteroatoms. The minimum atomic E-state index is -0.214. The lowest BCUT2D eigenvalue weighted by molar-refractivity contribution is -0.120. The predicted molar refractivity (Wildman–Crippen MR) is 82.9 cm³/mol. The topological polar surface area (TPSA) is 29.1 Å². The van der Waals surface area contributed by atoms with Crippen LogP contribution in [0.2, 0.25) is 0 Å². The summed E-state index contributed by atoms with van der Waals surface area (Å²) >= 11 is 1.61. The number of carbonyl (C=O) groups is 1. The molecule has 0 saturated heterocycles. The van der Waals surface area contributed by atoms with Gasteiger partial charge in [0, 0.05) is 11.4 Å². The quantitative estimate of drug-likeness (QED) is 0.939. The molecule has 1 heterocycles. The van der Waals surface area contributed by atoms with Gasteiger partial charge in [-0.3, -0.25) is 4.79 Å². The van der Waals surface area contributed by atoms with Gasteiger partial charge >= 0.3 is 0 Å². The van der Waals surface area contributed by atoms with Gasteiger partial charge in [-0.05, 0) is 36.1 Å². The molecule has 0 spiro atoms. The largest absolute Gasteiger partial charge is 0.355 e. The number of halogens is 1. The maximum absolute atomic E-state index is 13.5. The van der Waals surface area contributed by atoms with Crippen LogP contribution in [0.25, 0.3) is 0 Å². The summed E-state index contributed by atoms with van der Waals surface area (Å²) in [6, 6.07) is 14.8. The SMILES string of the molecule is O=C(NCCc1ccccc1F)C1Cc2ccccc2S1. The smallest absolute Gasteiger partial charge is 0.233 e. The maximum Gasteiger partial charge on any atom is 0.233 e. The van der Waals surface area contributed by atoms with Gasteiger partial charge in [-0.2, -0.15) is 0 Å². The third-order valence-electron chi connectivity index (χ3n) is 3.59. The average Bonchev–Trinajstić information content (AvgIpc) is 2.93. The van der Waals surface area contributed by atoms with E-state index in [1.54, 1.807) is 23.9 Å². The zero-order valence-corrected chi connectivity index (χ0v) is 12.3. The molecule has 0 bridgehead atoms. The number of rotatable bonds is 4. The van der Waals surface area contributed by atoms with Gasteiger partial charge in [-0.1, -0.05) is 36.4 Å². The first-order valence-electron chi connectivity index (χ1n) is 7.00. The first-order valence-corrected chi connectivity index (χ1v) is 7.87. The van der Waals surface area contributed by atoms with Crippen LogP contribution in [0.1, 0.15) is 11.1 Å². The number of amides is 1. The fourth-order valence-electron chi connectivity index (χ4n) is 2.46. The van der Waals surface area contributed by atoms with Crippen molar-refractivity contribution in [3.8, 4) is 0 Å². The number of carbonyl (C=O) groups excluding carboxylic acids is 1. The summed E-state index contributed by atoms with van der Waals surface area (Å²) < 4.78 is 13.5. The summed E-state index contributed by atoms with van der Waals surface area (Å²) in [5.74, 6) is -0.179. The van der Waals surface area contributed by atoms with Crippen LogP contribution in [0.3, 0.4) is 0 Å². The van der Waals surface area contributed by atoms with Crippen LogP contribution in [-0.2, 0) is 17.6 Å². The molecule has 108 valence electrons. The molecule has 0 fully saturated rings. The standard InChI is InChI=1S/C17H16FNOS/c18-14-7-3-1-5-12(14)9-10-19-17(20)16-11-13-6-2-4-8-15(13)21-16/h1-8,16H,9-11H2,(H,19,20). The molecular formula is C17H16FNOS. The lowest BCUT2D eigenvalue weighted by atomic mass is 10.1. The number of nitrogens with one attached hydrogen (secondary N) is 1. The number of thioether (sulfide) groups is 1. The van der Waals surface area contributed by atoms with Gasteiger partial charge in [0.2, 0.25) is 5.91 Å². The third-order valence-corrected chi connectivity index (χ3v) is 4.91. The van der Waals surface area contributed by atoms with Gasteiger partial charge in [-0.25, -0.2) is 4.39 Å². The lowest BCUT2D eigenvalue weighted by Gasteiger charge is -2.10. The van der Waals surface area contributed by atoms with Gasteiger partial charge in [0.1, 0.15) is 5.82 Å². The monoisotopic (exact) mass is 301 g/mol. The van der Waals surface area contributed by atoms with E-state index < -0.39 is 0 Å². The van der Waals surface area contributed by atoms with Gasteiger partial charge in [0.15, 0.2) is 0 Å². The Balaban J connectivity index is 1.51. The predicted octanol–water partition coefficient (Wildman–Crippen LogP) is 3.20. The van der Waals surface area contributed by atoms with Gasteiger partial charge < -0.3 is 5.32 Å². The molecule has 1 N–H and O–H groups in total. The summed E-state index contributed by atoms with van der Waals surface area (Å²) in [4.78, 5) is 13.4. The molecule has 2 nitrogen and oxygen atoms in total. The second kappa shape index (κ2) is 6.31. The Bertz CT molecular complexity index is 634. The highest BCUT2D eigenvalue weighted by atomic mass is 32.2. The minimum absolute atomic E-state index is 0.0348. The normalized spacial score (nSPS) is 16.5. The number of hydrogen-bond donors (Lipinski definition) is 1. The summed E-state index contributed by atoms with van der Waals surface area (Å²) in [5.41, 5.74) is 1.87. The fraction of sp³-hybridized carbons (Fsp3) is 0.235. The van der Waals surface area contributed by atoms with Crippen LogP contribution in [-0.4, -0.2) is 17.7 Å². The molecular weight excluding hydrogens is 285 g/mol. The van der Waals surface area contributed by atoms with E-state index in [2.05, 4.69) is 11.4 Å². The van der Waals surface area contributed by atoms with Crippen LogP contribution >= 0.6 is 11.8 Å². The molecule has 21 heavy (non-hydrogen) atoms. The molecule has 1 atom stereocenters. The van der Waals surface area contributed by atoms with Crippen molar-refractivity contribution in [3.05, 3.63) is 65.5 Å². The van der Waals surface area contributed by atoms with Crippen LogP contribution in [0.15, 0.2) is 53.4 Å². The van der Waals surface area contributed by atoms with E-state index in [9.17, 15) is 9.18 Å². The molecule has 3 rings (SSSR count). The van der Waals surface area contributed by atoms with Crippen molar-refractivity contribution >= 4 is 17.7 Å². The lowest BCUT2D eigenvalue weighted by Crippen LogP contribution is -2.33. The molecule has 1 aliphatic heterocycles. The zero-order chi connectivity index (χ0) is 14.7. The maximum atomic E-state index is 13.5. The Labute approximate surface area is 127 Å². The first kappa shape index (κ1) is 14.1. The Morgan fingerprint density at radius 3 is 2.76 bits per heavy atom. The second-order valence-corrected chi connectivity index (χ2v) is 6.30. The average molecular weight is 301 g/mol. The molecule has 1 unspecified atom stereocenters. The molecule has 0 aliphatic carbocycles. The molecule has 0 aromatic heterocycles. The fourth-order valence-corrected chi connectivity index (χ4v) is 3.68. The van der Waals surface area contributed by atoms with Crippen LogP contribution in [0.5, 0.6) is 0 Å². The highest BCUT2D eigenvalue weighted by Gasteiger charge is 2.27. The summed E-state index contributed by atoms with van der Waals surface area (Å²) in [6.45, 7) is 0.465. The van der Waals surface area contributed by atoms with E-state index in [0.717, 1.165) is 6.42 Å². The van der Waals surface area contributed by atoms with E-state index >= 15 is 0 Å². The molecule has 0 radical (unpaired) electrons. The van der Waals surface area contributed by atoms with E-state index in [-0.39, 0.29) is 17.0 Å². The third kappa shape index (κ3) is 3.27. The van der Waals surface area contributed by atoms with Crippen molar-refractivity contribution in [2.75, 3.05) is 6.54 Å². The molecule has 1 amide bonds. The summed E-state index contributed by atoms with van der Waals surface area (Å²) in [5, 5.41) is 2.84. The minimum Gasteiger partial charge on any atom is -0.355 e. The highest BCUT2D eigenvalue weighted by molar-refractivity contribution is 8.01. The Hall–Kier alpha value is -1.81. The van der Waals surface area contributed by atoms with Crippen LogP contribution in [0.4, 0.5) is 4.39 Å². The van der Waals surface area contributed by atoms with Gasteiger partial charge in [0.05, 0.1) is 5.25 Å². The summed E-state index contributed by atoms with van der Waals surface area (Å²) in [6.07, 6.45) is 1.29. The van der Waals surface area contributed by atoms with Crippen molar-refractivity contribution in [2.45, 2.75) is 23.0 Å². The van der Waals surface area contributed by atoms with Crippen LogP contribution in [0, 0.1) is 5.82 Å². The second-order valence-electron chi connectivity index (χ2n) is 5.05. The van der Waals surface area contributed by atoms with E-state index in [4.69, 9.17) is 0 Å². The molecule has 0 saturated carbocycles. The first-order chi connectivity index (χ1) is 10.2. The van der Waals surface area contributed by atoms with Crippen molar-refractivity contribution in [1.82, 2.24) is 5.32 Å². The number of hydrogen-bond acceptors (Lipinski definition) is 2. The van der Waals surface area contributed by atoms with Crippen molar-refractivity contribution in [3.63, 3.8) is 0 Å². The van der Waals surface area contributed by atoms with Gasteiger partial charge in [-0.15, -0.1) is 11.8 Å². The Kier molecular flexibility index (Phi) is 4.25. The Morgan fingerprint density at radius 2 is 1.95 bits per heavy atom. The molecule has 2 aromatic rings. The zero-order valence-electron chi connectivity index (χ0n) is 11.5. The van der Waals surface area contributed by atoms with E-state index in [0.29, 0.717) is 18.5 Å². The van der Waals surface area contributed by atoms with Crippen molar-refractivity contribution in [2.24, 2.45) is 0 Å². The van der Waals surface area contributed by atoms with Crippen molar-refractivity contribution in [1.29, 1.82) is 0 Å². The van der Waals surface area contributed by atoms with Crippen molar-refractivity contribution < 1.29 is 9.18 Å². The highest BCUT2D eigenvalue weighted by Crippen LogP contribution is 2.36.